The number of hydrogen-bond acceptors (Lipinski definition) is 3. The van der Waals surface area contributed by atoms with Crippen LogP contribution in [0.15, 0.2) is 0 Å². The number of nitrogens with two attached hydrogens (primary N) is 1. The van der Waals surface area contributed by atoms with Crippen molar-refractivity contribution in [1.29, 1.82) is 0 Å². The minimum absolute atomic E-state index is 0.00231. The number of amides is 1. The second kappa shape index (κ2) is 3.87. The van der Waals surface area contributed by atoms with Crippen LogP contribution in [0.5, 0.6) is 0 Å². The Bertz CT molecular complexity index is 172. The van der Waals surface area contributed by atoms with Crippen molar-refractivity contribution >= 4 is 5.91 Å². The molecular formula is C8H16N2O2. The predicted molar refractivity (Wildman–Crippen MR) is 45.6 cm³/mol. The van der Waals surface area contributed by atoms with E-state index in [0.717, 1.165) is 6.42 Å². The summed E-state index contributed by atoms with van der Waals surface area (Å²) in [5, 5.41) is 0. The largest absolute Gasteiger partial charge is 0.367 e. The molecule has 2 N–H and O–H groups in total. The number of rotatable bonds is 2. The molecule has 1 aliphatic rings. The van der Waals surface area contributed by atoms with E-state index in [0.29, 0.717) is 13.2 Å². The SMILES string of the molecule is CCN(C)C(=O)[C@@H]1OCC[C@@H]1N. The van der Waals surface area contributed by atoms with Crippen LogP contribution in [0.4, 0.5) is 0 Å². The highest BCUT2D eigenvalue weighted by Gasteiger charge is 2.32. The number of hydrogen-bond donors (Lipinski definition) is 1. The van der Waals surface area contributed by atoms with Crippen LogP contribution < -0.4 is 5.73 Å². The van der Waals surface area contributed by atoms with Crippen molar-refractivity contribution in [3.63, 3.8) is 0 Å². The van der Waals surface area contributed by atoms with Gasteiger partial charge in [0.2, 0.25) is 0 Å². The number of carbonyl (C=O) groups is 1. The molecule has 0 unspecified atom stereocenters. The summed E-state index contributed by atoms with van der Waals surface area (Å²) in [6.45, 7) is 3.24. The van der Waals surface area contributed by atoms with E-state index in [4.69, 9.17) is 10.5 Å². The van der Waals surface area contributed by atoms with Gasteiger partial charge in [0.05, 0.1) is 0 Å². The lowest BCUT2D eigenvalue weighted by atomic mass is 10.1. The van der Waals surface area contributed by atoms with Gasteiger partial charge >= 0.3 is 0 Å². The van der Waals surface area contributed by atoms with Crippen molar-refractivity contribution in [2.24, 2.45) is 5.73 Å². The summed E-state index contributed by atoms with van der Waals surface area (Å²) >= 11 is 0. The molecule has 0 aromatic heterocycles. The smallest absolute Gasteiger partial charge is 0.253 e. The molecule has 0 aromatic carbocycles. The van der Waals surface area contributed by atoms with Gasteiger partial charge in [0.25, 0.3) is 5.91 Å². The van der Waals surface area contributed by atoms with Crippen molar-refractivity contribution in [3.05, 3.63) is 0 Å². The highest BCUT2D eigenvalue weighted by atomic mass is 16.5. The Morgan fingerprint density at radius 1 is 1.75 bits per heavy atom. The van der Waals surface area contributed by atoms with Crippen molar-refractivity contribution < 1.29 is 9.53 Å². The normalized spacial score (nSPS) is 28.9. The first kappa shape index (κ1) is 9.48. The molecule has 1 fully saturated rings. The summed E-state index contributed by atoms with van der Waals surface area (Å²) in [7, 11) is 1.76. The lowest BCUT2D eigenvalue weighted by molar-refractivity contribution is -0.139. The van der Waals surface area contributed by atoms with Gasteiger partial charge < -0.3 is 15.4 Å². The van der Waals surface area contributed by atoms with Crippen molar-refractivity contribution in [3.8, 4) is 0 Å². The lowest BCUT2D eigenvalue weighted by Gasteiger charge is -2.20. The van der Waals surface area contributed by atoms with Crippen LogP contribution in [0.1, 0.15) is 13.3 Å². The van der Waals surface area contributed by atoms with E-state index >= 15 is 0 Å². The van der Waals surface area contributed by atoms with Crippen molar-refractivity contribution in [2.75, 3.05) is 20.2 Å². The van der Waals surface area contributed by atoms with Crippen LogP contribution in [0.25, 0.3) is 0 Å². The van der Waals surface area contributed by atoms with Gasteiger partial charge in [0.1, 0.15) is 0 Å². The third kappa shape index (κ3) is 1.76. The molecule has 0 radical (unpaired) electrons. The minimum Gasteiger partial charge on any atom is -0.367 e. The maximum Gasteiger partial charge on any atom is 0.253 e. The Labute approximate surface area is 72.7 Å². The highest BCUT2D eigenvalue weighted by Crippen LogP contribution is 2.13. The molecule has 1 aliphatic heterocycles. The van der Waals surface area contributed by atoms with E-state index < -0.39 is 6.10 Å². The third-order valence-corrected chi connectivity index (χ3v) is 2.23. The number of nitrogens with zero attached hydrogens (tertiary/aromatic N) is 1. The Hall–Kier alpha value is -0.610. The monoisotopic (exact) mass is 172 g/mol. The molecule has 0 aliphatic carbocycles. The van der Waals surface area contributed by atoms with E-state index in [1.807, 2.05) is 6.92 Å². The van der Waals surface area contributed by atoms with Crippen molar-refractivity contribution in [2.45, 2.75) is 25.5 Å². The number of ether oxygens (including phenoxy) is 1. The first-order valence-corrected chi connectivity index (χ1v) is 4.29. The molecule has 0 aromatic rings. The Morgan fingerprint density at radius 2 is 2.42 bits per heavy atom. The first-order chi connectivity index (χ1) is 5.66. The Kier molecular flexibility index (Phi) is 3.05. The van der Waals surface area contributed by atoms with E-state index in [1.54, 1.807) is 11.9 Å². The molecule has 1 rings (SSSR count). The summed E-state index contributed by atoms with van der Waals surface area (Å²) in [6.07, 6.45) is 0.378. The van der Waals surface area contributed by atoms with Gasteiger partial charge in [-0.3, -0.25) is 4.79 Å². The zero-order valence-corrected chi connectivity index (χ0v) is 7.62. The lowest BCUT2D eigenvalue weighted by Crippen LogP contribution is -2.44. The van der Waals surface area contributed by atoms with Gasteiger partial charge in [-0.25, -0.2) is 0 Å². The Balaban J connectivity index is 2.51. The standard InChI is InChI=1S/C8H16N2O2/c1-3-10(2)8(11)7-6(9)4-5-12-7/h6-7H,3-5,9H2,1-2H3/t6-,7+/m0/s1. The summed E-state index contributed by atoms with van der Waals surface area (Å²) in [6, 6.07) is -0.119. The maximum absolute atomic E-state index is 11.5. The molecule has 12 heavy (non-hydrogen) atoms. The van der Waals surface area contributed by atoms with Gasteiger partial charge in [-0.15, -0.1) is 0 Å². The second-order valence-electron chi connectivity index (χ2n) is 3.10. The molecule has 0 bridgehead atoms. The molecule has 1 amide bonds. The van der Waals surface area contributed by atoms with Gasteiger partial charge in [-0.1, -0.05) is 0 Å². The summed E-state index contributed by atoms with van der Waals surface area (Å²) in [4.78, 5) is 13.1. The quantitative estimate of drug-likeness (QED) is 0.615. The Morgan fingerprint density at radius 3 is 2.83 bits per heavy atom. The van der Waals surface area contributed by atoms with E-state index in [1.165, 1.54) is 0 Å². The van der Waals surface area contributed by atoms with Crippen LogP contribution in [0, 0.1) is 0 Å². The topological polar surface area (TPSA) is 55.6 Å². The van der Waals surface area contributed by atoms with Crippen LogP contribution in [-0.2, 0) is 9.53 Å². The molecule has 1 saturated heterocycles. The van der Waals surface area contributed by atoms with E-state index in [9.17, 15) is 4.79 Å². The fourth-order valence-electron chi connectivity index (χ4n) is 1.23. The van der Waals surface area contributed by atoms with Crippen molar-refractivity contribution in [1.82, 2.24) is 4.90 Å². The van der Waals surface area contributed by atoms with Gasteiger partial charge in [0.15, 0.2) is 6.10 Å². The maximum atomic E-state index is 11.5. The fourth-order valence-corrected chi connectivity index (χ4v) is 1.23. The zero-order valence-electron chi connectivity index (χ0n) is 7.62. The number of likely N-dealkylation sites (N-methyl/N-ethyl adjacent to an activating group) is 1. The van der Waals surface area contributed by atoms with Crippen LogP contribution in [0.3, 0.4) is 0 Å². The second-order valence-corrected chi connectivity index (χ2v) is 3.10. The van der Waals surface area contributed by atoms with Crippen LogP contribution >= 0.6 is 0 Å². The van der Waals surface area contributed by atoms with E-state index in [-0.39, 0.29) is 11.9 Å². The molecule has 2 atom stereocenters. The summed E-state index contributed by atoms with van der Waals surface area (Å²) in [5.41, 5.74) is 5.70. The zero-order chi connectivity index (χ0) is 9.14. The predicted octanol–water partition coefficient (Wildman–Crippen LogP) is -0.419. The molecule has 0 saturated carbocycles. The third-order valence-electron chi connectivity index (χ3n) is 2.23. The summed E-state index contributed by atoms with van der Waals surface area (Å²) in [5.74, 6) is 0.00231. The molecule has 4 heteroatoms. The average molecular weight is 172 g/mol. The fraction of sp³-hybridized carbons (Fsp3) is 0.875. The highest BCUT2D eigenvalue weighted by molar-refractivity contribution is 5.81. The molecule has 0 spiro atoms. The van der Waals surface area contributed by atoms with Gasteiger partial charge in [-0.05, 0) is 13.3 Å². The number of carbonyl (C=O) groups excluding carboxylic acids is 1. The van der Waals surface area contributed by atoms with Crippen LogP contribution in [0.2, 0.25) is 0 Å². The first-order valence-electron chi connectivity index (χ1n) is 4.29. The minimum atomic E-state index is -0.407. The average Bonchev–Trinajstić information content (AvgIpc) is 2.48. The molecule has 70 valence electrons. The molecule has 1 heterocycles. The van der Waals surface area contributed by atoms with Gasteiger partial charge in [-0.2, -0.15) is 0 Å². The molecule has 4 nitrogen and oxygen atoms in total. The summed E-state index contributed by atoms with van der Waals surface area (Å²) < 4.78 is 5.23. The molecular weight excluding hydrogens is 156 g/mol. The van der Waals surface area contributed by atoms with Crippen LogP contribution in [-0.4, -0.2) is 43.2 Å². The van der Waals surface area contributed by atoms with E-state index in [2.05, 4.69) is 0 Å². The van der Waals surface area contributed by atoms with Gasteiger partial charge in [0, 0.05) is 26.2 Å².